The third-order valence-corrected chi connectivity index (χ3v) is 4.74. The molecule has 0 radical (unpaired) electrons. The number of amides is 1. The Hall–Kier alpha value is -1.40. The van der Waals surface area contributed by atoms with Gasteiger partial charge in [-0.25, -0.2) is 4.39 Å². The first kappa shape index (κ1) is 18.9. The highest BCUT2D eigenvalue weighted by Gasteiger charge is 2.54. The molecule has 1 aromatic rings. The first-order chi connectivity index (χ1) is 10.8. The molecule has 1 amide bonds. The molecule has 0 spiro atoms. The van der Waals surface area contributed by atoms with Gasteiger partial charge in [-0.2, -0.15) is 0 Å². The van der Waals surface area contributed by atoms with E-state index in [1.807, 2.05) is 48.5 Å². The Morgan fingerprint density at radius 1 is 1.08 bits per heavy atom. The van der Waals surface area contributed by atoms with Crippen LogP contribution in [0.25, 0.3) is 0 Å². The van der Waals surface area contributed by atoms with Crippen LogP contribution in [0, 0.1) is 11.2 Å². The van der Waals surface area contributed by atoms with Gasteiger partial charge in [-0.1, -0.05) is 32.9 Å². The molecule has 2 rings (SSSR count). The van der Waals surface area contributed by atoms with Crippen LogP contribution in [0.5, 0.6) is 0 Å². The second kappa shape index (κ2) is 6.15. The van der Waals surface area contributed by atoms with Crippen molar-refractivity contribution in [2.45, 2.75) is 65.6 Å². The molecule has 1 aliphatic rings. The van der Waals surface area contributed by atoms with Crippen LogP contribution in [-0.2, 0) is 14.1 Å². The minimum Gasteiger partial charge on any atom is -0.402 e. The lowest BCUT2D eigenvalue weighted by molar-refractivity contribution is -0.129. The SMILES string of the molecule is CC(C)(C)C(=O)N[C@H](B1OC(C)(C)C(C)(C)O1)c1ccc(F)cc1. The van der Waals surface area contributed by atoms with Gasteiger partial charge in [0.15, 0.2) is 0 Å². The van der Waals surface area contributed by atoms with Crippen LogP contribution in [0.15, 0.2) is 24.3 Å². The molecule has 4 nitrogen and oxygen atoms in total. The molecule has 1 heterocycles. The fourth-order valence-electron chi connectivity index (χ4n) is 2.36. The summed E-state index contributed by atoms with van der Waals surface area (Å²) in [4.78, 5) is 12.5. The highest BCUT2D eigenvalue weighted by atomic mass is 19.1. The van der Waals surface area contributed by atoms with Crippen molar-refractivity contribution >= 4 is 13.0 Å². The average molecular weight is 335 g/mol. The Labute approximate surface area is 144 Å². The second-order valence-electron chi connectivity index (χ2n) is 8.38. The lowest BCUT2D eigenvalue weighted by atomic mass is 9.73. The molecular formula is C18H27BFNO3. The van der Waals surface area contributed by atoms with E-state index in [1.54, 1.807) is 12.1 Å². The third-order valence-electron chi connectivity index (χ3n) is 4.74. The van der Waals surface area contributed by atoms with E-state index in [9.17, 15) is 9.18 Å². The van der Waals surface area contributed by atoms with Crippen molar-refractivity contribution in [1.29, 1.82) is 0 Å². The number of nitrogens with one attached hydrogen (secondary N) is 1. The normalized spacial score (nSPS) is 20.8. The predicted octanol–water partition coefficient (Wildman–Crippen LogP) is 3.66. The molecule has 1 saturated heterocycles. The Morgan fingerprint density at radius 3 is 1.96 bits per heavy atom. The molecule has 1 N–H and O–H groups in total. The summed E-state index contributed by atoms with van der Waals surface area (Å²) in [7, 11) is -0.647. The summed E-state index contributed by atoms with van der Waals surface area (Å²) in [6.45, 7) is 13.4. The summed E-state index contributed by atoms with van der Waals surface area (Å²) < 4.78 is 25.5. The molecule has 1 aliphatic heterocycles. The van der Waals surface area contributed by atoms with Crippen molar-refractivity contribution in [3.63, 3.8) is 0 Å². The first-order valence-corrected chi connectivity index (χ1v) is 8.25. The van der Waals surface area contributed by atoms with E-state index in [0.29, 0.717) is 0 Å². The maximum atomic E-state index is 13.3. The summed E-state index contributed by atoms with van der Waals surface area (Å²) in [5.74, 6) is -0.960. The monoisotopic (exact) mass is 335 g/mol. The van der Waals surface area contributed by atoms with E-state index in [2.05, 4.69) is 5.32 Å². The van der Waals surface area contributed by atoms with E-state index in [4.69, 9.17) is 9.31 Å². The van der Waals surface area contributed by atoms with Gasteiger partial charge in [0.1, 0.15) is 5.82 Å². The highest BCUT2D eigenvalue weighted by Crippen LogP contribution is 2.40. The van der Waals surface area contributed by atoms with E-state index in [1.165, 1.54) is 12.1 Å². The quantitative estimate of drug-likeness (QED) is 0.858. The molecule has 1 fully saturated rings. The first-order valence-electron chi connectivity index (χ1n) is 8.25. The third kappa shape index (κ3) is 3.81. The van der Waals surface area contributed by atoms with Gasteiger partial charge in [-0.3, -0.25) is 4.79 Å². The zero-order chi connectivity index (χ0) is 18.3. The zero-order valence-electron chi connectivity index (χ0n) is 15.6. The van der Waals surface area contributed by atoms with Crippen molar-refractivity contribution in [2.24, 2.45) is 5.41 Å². The minimum atomic E-state index is -0.647. The van der Waals surface area contributed by atoms with Gasteiger partial charge in [0.2, 0.25) is 5.91 Å². The predicted molar refractivity (Wildman–Crippen MR) is 92.8 cm³/mol. The molecule has 6 heteroatoms. The molecule has 0 aliphatic carbocycles. The largest absolute Gasteiger partial charge is 0.486 e. The van der Waals surface area contributed by atoms with E-state index >= 15 is 0 Å². The molecule has 24 heavy (non-hydrogen) atoms. The molecule has 1 atom stereocenters. The molecule has 1 aromatic carbocycles. The average Bonchev–Trinajstić information content (AvgIpc) is 2.64. The Morgan fingerprint density at radius 2 is 1.54 bits per heavy atom. The molecule has 0 aromatic heterocycles. The number of rotatable bonds is 3. The minimum absolute atomic E-state index is 0.119. The van der Waals surface area contributed by atoms with Crippen LogP contribution in [0.2, 0.25) is 0 Å². The van der Waals surface area contributed by atoms with Crippen LogP contribution in [0.4, 0.5) is 4.39 Å². The van der Waals surface area contributed by atoms with Gasteiger partial charge in [-0.05, 0) is 45.4 Å². The summed E-state index contributed by atoms with van der Waals surface area (Å²) in [5.41, 5.74) is -0.834. The lowest BCUT2D eigenvalue weighted by Crippen LogP contribution is -2.45. The topological polar surface area (TPSA) is 47.6 Å². The molecule has 0 saturated carbocycles. The van der Waals surface area contributed by atoms with E-state index < -0.39 is 29.7 Å². The Bertz CT molecular complexity index is 592. The lowest BCUT2D eigenvalue weighted by Gasteiger charge is -2.32. The number of hydrogen-bond donors (Lipinski definition) is 1. The number of carbonyl (C=O) groups is 1. The molecule has 132 valence electrons. The van der Waals surface area contributed by atoms with Crippen molar-refractivity contribution < 1.29 is 18.5 Å². The van der Waals surface area contributed by atoms with Crippen LogP contribution in [0.3, 0.4) is 0 Å². The van der Waals surface area contributed by atoms with Crippen molar-refractivity contribution in [3.8, 4) is 0 Å². The van der Waals surface area contributed by atoms with Gasteiger partial charge >= 0.3 is 7.12 Å². The molecule has 0 unspecified atom stereocenters. The fraction of sp³-hybridized carbons (Fsp3) is 0.611. The summed E-state index contributed by atoms with van der Waals surface area (Å²) in [6.07, 6.45) is 0. The summed E-state index contributed by atoms with van der Waals surface area (Å²) in [6, 6.07) is 6.04. The second-order valence-corrected chi connectivity index (χ2v) is 8.38. The summed E-state index contributed by atoms with van der Waals surface area (Å²) in [5, 5.41) is 3.00. The van der Waals surface area contributed by atoms with Gasteiger partial charge in [0.05, 0.1) is 17.1 Å². The Balaban J connectivity index is 2.34. The summed E-state index contributed by atoms with van der Waals surface area (Å²) >= 11 is 0. The van der Waals surface area contributed by atoms with Crippen molar-refractivity contribution in [2.75, 3.05) is 0 Å². The standard InChI is InChI=1S/C18H27BFNO3/c1-16(2,3)15(22)21-14(12-8-10-13(20)11-9-12)19-23-17(4,5)18(6,7)24-19/h8-11,14H,1-7H3,(H,21,22)/t14-/m0/s1. The van der Waals surface area contributed by atoms with E-state index in [0.717, 1.165) is 5.56 Å². The van der Waals surface area contributed by atoms with Gasteiger partial charge < -0.3 is 14.6 Å². The maximum absolute atomic E-state index is 13.3. The molecule has 0 bridgehead atoms. The Kier molecular flexibility index (Phi) is 4.86. The van der Waals surface area contributed by atoms with Crippen LogP contribution < -0.4 is 5.32 Å². The van der Waals surface area contributed by atoms with Gasteiger partial charge in [-0.15, -0.1) is 0 Å². The zero-order valence-corrected chi connectivity index (χ0v) is 15.6. The maximum Gasteiger partial charge on any atom is 0.486 e. The smallest absolute Gasteiger partial charge is 0.402 e. The number of benzene rings is 1. The van der Waals surface area contributed by atoms with E-state index in [-0.39, 0.29) is 11.7 Å². The number of carbonyl (C=O) groups excluding carboxylic acids is 1. The van der Waals surface area contributed by atoms with Gasteiger partial charge in [0, 0.05) is 5.41 Å². The highest BCUT2D eigenvalue weighted by molar-refractivity contribution is 6.47. The van der Waals surface area contributed by atoms with Gasteiger partial charge in [0.25, 0.3) is 0 Å². The van der Waals surface area contributed by atoms with Crippen molar-refractivity contribution in [3.05, 3.63) is 35.6 Å². The van der Waals surface area contributed by atoms with Crippen LogP contribution >= 0.6 is 0 Å². The van der Waals surface area contributed by atoms with Crippen LogP contribution in [0.1, 0.15) is 60.0 Å². The number of halogens is 1. The van der Waals surface area contributed by atoms with Crippen molar-refractivity contribution in [1.82, 2.24) is 5.32 Å². The number of hydrogen-bond acceptors (Lipinski definition) is 3. The molecular weight excluding hydrogens is 308 g/mol. The van der Waals surface area contributed by atoms with Crippen LogP contribution in [-0.4, -0.2) is 24.2 Å². The fourth-order valence-corrected chi connectivity index (χ4v) is 2.36.